The number of imide groups is 1. The van der Waals surface area contributed by atoms with Crippen LogP contribution in [0.25, 0.3) is 0 Å². The molecule has 1 aliphatic carbocycles. The summed E-state index contributed by atoms with van der Waals surface area (Å²) in [5, 5.41) is 0. The van der Waals surface area contributed by atoms with Gasteiger partial charge in [0.1, 0.15) is 11.8 Å². The smallest absolute Gasteiger partial charge is 0.257 e. The van der Waals surface area contributed by atoms with Crippen LogP contribution in [0, 0.1) is 5.92 Å². The summed E-state index contributed by atoms with van der Waals surface area (Å²) in [7, 11) is 0. The highest BCUT2D eigenvalue weighted by Gasteiger charge is 2.47. The molecule has 4 rings (SSSR count). The van der Waals surface area contributed by atoms with Crippen LogP contribution in [-0.4, -0.2) is 28.7 Å². The van der Waals surface area contributed by atoms with E-state index in [1.807, 2.05) is 6.07 Å². The number of anilines is 1. The number of nitrogens with zero attached hydrogens (tertiary/aromatic N) is 2. The van der Waals surface area contributed by atoms with Gasteiger partial charge in [0.25, 0.3) is 5.91 Å². The molecule has 0 bridgehead atoms. The van der Waals surface area contributed by atoms with Gasteiger partial charge >= 0.3 is 0 Å². The molecule has 1 aromatic heterocycles. The lowest BCUT2D eigenvalue weighted by atomic mass is 10.1. The number of furan rings is 1. The summed E-state index contributed by atoms with van der Waals surface area (Å²) in [6, 6.07) is 11.6. The maximum absolute atomic E-state index is 12.9. The molecule has 0 radical (unpaired) electrons. The number of hydrogen-bond acceptors (Lipinski definition) is 4. The van der Waals surface area contributed by atoms with Crippen LogP contribution >= 0.6 is 0 Å². The van der Waals surface area contributed by atoms with Crippen molar-refractivity contribution in [3.63, 3.8) is 0 Å². The Labute approximate surface area is 145 Å². The third-order valence-electron chi connectivity index (χ3n) is 4.63. The predicted octanol–water partition coefficient (Wildman–Crippen LogP) is 2.35. The second-order valence-corrected chi connectivity index (χ2v) is 6.44. The number of hydrogen-bond donors (Lipinski definition) is 0. The number of amides is 3. The van der Waals surface area contributed by atoms with Crippen molar-refractivity contribution in [2.75, 3.05) is 4.90 Å². The fourth-order valence-corrected chi connectivity index (χ4v) is 3.18. The molecule has 2 aliphatic rings. The Morgan fingerprint density at radius 2 is 1.88 bits per heavy atom. The number of para-hydroxylation sites is 1. The lowest BCUT2D eigenvalue weighted by Gasteiger charge is -2.27. The van der Waals surface area contributed by atoms with Crippen molar-refractivity contribution in [3.05, 3.63) is 54.5 Å². The molecule has 6 nitrogen and oxygen atoms in total. The molecule has 1 saturated heterocycles. The Morgan fingerprint density at radius 1 is 1.12 bits per heavy atom. The molecule has 2 heterocycles. The summed E-state index contributed by atoms with van der Waals surface area (Å²) < 4.78 is 5.34. The zero-order valence-electron chi connectivity index (χ0n) is 13.6. The van der Waals surface area contributed by atoms with E-state index in [4.69, 9.17) is 4.42 Å². The molecule has 0 spiro atoms. The number of rotatable bonds is 5. The van der Waals surface area contributed by atoms with E-state index in [0.717, 1.165) is 12.8 Å². The molecule has 2 fully saturated rings. The second kappa shape index (κ2) is 6.20. The van der Waals surface area contributed by atoms with E-state index in [1.54, 1.807) is 36.4 Å². The molecule has 1 aliphatic heterocycles. The monoisotopic (exact) mass is 338 g/mol. The highest BCUT2D eigenvalue weighted by Crippen LogP contribution is 2.34. The molecule has 2 aromatic rings. The molecule has 1 unspecified atom stereocenters. The first-order valence-electron chi connectivity index (χ1n) is 8.40. The van der Waals surface area contributed by atoms with Gasteiger partial charge in [-0.3, -0.25) is 14.4 Å². The molecule has 1 aromatic carbocycles. The van der Waals surface area contributed by atoms with E-state index in [0.29, 0.717) is 11.4 Å². The Kier molecular flexibility index (Phi) is 3.87. The predicted molar refractivity (Wildman–Crippen MR) is 89.3 cm³/mol. The second-order valence-electron chi connectivity index (χ2n) is 6.44. The van der Waals surface area contributed by atoms with Crippen molar-refractivity contribution in [1.29, 1.82) is 0 Å². The number of carbonyl (C=O) groups is 3. The Bertz CT molecular complexity index is 796. The van der Waals surface area contributed by atoms with Gasteiger partial charge in [-0.05, 0) is 37.1 Å². The standard InChI is InChI=1S/C19H18N2O4/c22-17-11-16(19(24)21(17)14-5-2-1-3-6-14)20(18(23)13-8-9-13)12-15-7-4-10-25-15/h1-7,10,13,16H,8-9,11-12H2. The minimum Gasteiger partial charge on any atom is -0.467 e. The van der Waals surface area contributed by atoms with Gasteiger partial charge in [-0.15, -0.1) is 0 Å². The quantitative estimate of drug-likeness (QED) is 0.785. The molecular weight excluding hydrogens is 320 g/mol. The van der Waals surface area contributed by atoms with Gasteiger partial charge < -0.3 is 9.32 Å². The van der Waals surface area contributed by atoms with Crippen LogP contribution in [0.15, 0.2) is 53.1 Å². The van der Waals surface area contributed by atoms with Gasteiger partial charge in [-0.25, -0.2) is 4.90 Å². The Balaban J connectivity index is 1.62. The minimum absolute atomic E-state index is 0.00684. The molecule has 128 valence electrons. The molecule has 0 N–H and O–H groups in total. The fraction of sp³-hybridized carbons (Fsp3) is 0.316. The molecular formula is C19H18N2O4. The average Bonchev–Trinajstić information content (AvgIpc) is 3.27. The van der Waals surface area contributed by atoms with Crippen molar-refractivity contribution >= 4 is 23.4 Å². The first-order valence-corrected chi connectivity index (χ1v) is 8.40. The Morgan fingerprint density at radius 3 is 2.52 bits per heavy atom. The van der Waals surface area contributed by atoms with Crippen molar-refractivity contribution < 1.29 is 18.8 Å². The van der Waals surface area contributed by atoms with Crippen molar-refractivity contribution in [1.82, 2.24) is 4.90 Å². The van der Waals surface area contributed by atoms with E-state index < -0.39 is 6.04 Å². The normalized spacial score (nSPS) is 20.2. The molecule has 3 amide bonds. The van der Waals surface area contributed by atoms with E-state index in [2.05, 4.69) is 0 Å². The molecule has 1 saturated carbocycles. The summed E-state index contributed by atoms with van der Waals surface area (Å²) in [5.41, 5.74) is 0.539. The lowest BCUT2D eigenvalue weighted by molar-refractivity contribution is -0.140. The summed E-state index contributed by atoms with van der Waals surface area (Å²) in [5.74, 6) is -0.139. The van der Waals surface area contributed by atoms with Crippen molar-refractivity contribution in [2.24, 2.45) is 5.92 Å². The van der Waals surface area contributed by atoms with E-state index in [9.17, 15) is 14.4 Å². The van der Waals surface area contributed by atoms with Crippen LogP contribution < -0.4 is 4.90 Å². The maximum atomic E-state index is 12.9. The first-order chi connectivity index (χ1) is 12.1. The zero-order valence-corrected chi connectivity index (χ0v) is 13.6. The van der Waals surface area contributed by atoms with E-state index >= 15 is 0 Å². The van der Waals surface area contributed by atoms with Crippen molar-refractivity contribution in [2.45, 2.75) is 31.8 Å². The molecule has 1 atom stereocenters. The molecule has 25 heavy (non-hydrogen) atoms. The van der Waals surface area contributed by atoms with Gasteiger partial charge in [-0.2, -0.15) is 0 Å². The maximum Gasteiger partial charge on any atom is 0.257 e. The SMILES string of the molecule is O=C1CC(N(Cc2ccco2)C(=O)C2CC2)C(=O)N1c1ccccc1. The van der Waals surface area contributed by atoms with Gasteiger partial charge in [0, 0.05) is 5.92 Å². The zero-order chi connectivity index (χ0) is 17.4. The van der Waals surface area contributed by atoms with Crippen LogP contribution in [-0.2, 0) is 20.9 Å². The van der Waals surface area contributed by atoms with Crippen LogP contribution in [0.5, 0.6) is 0 Å². The summed E-state index contributed by atoms with van der Waals surface area (Å²) >= 11 is 0. The molecule has 6 heteroatoms. The third kappa shape index (κ3) is 2.95. The van der Waals surface area contributed by atoms with Gasteiger partial charge in [-0.1, -0.05) is 18.2 Å². The summed E-state index contributed by atoms with van der Waals surface area (Å²) in [6.45, 7) is 0.203. The van der Waals surface area contributed by atoms with Crippen LogP contribution in [0.1, 0.15) is 25.0 Å². The highest BCUT2D eigenvalue weighted by atomic mass is 16.3. The summed E-state index contributed by atoms with van der Waals surface area (Å²) in [6.07, 6.45) is 3.22. The number of benzene rings is 1. The Hall–Kier alpha value is -2.89. The van der Waals surface area contributed by atoms with Crippen LogP contribution in [0.2, 0.25) is 0 Å². The summed E-state index contributed by atoms with van der Waals surface area (Å²) in [4.78, 5) is 40.8. The van der Waals surface area contributed by atoms with E-state index in [1.165, 1.54) is 16.1 Å². The van der Waals surface area contributed by atoms with Gasteiger partial charge in [0.15, 0.2) is 0 Å². The first kappa shape index (κ1) is 15.6. The average molecular weight is 338 g/mol. The fourth-order valence-electron chi connectivity index (χ4n) is 3.18. The highest BCUT2D eigenvalue weighted by molar-refractivity contribution is 6.23. The third-order valence-corrected chi connectivity index (χ3v) is 4.63. The van der Waals surface area contributed by atoms with Gasteiger partial charge in [0.2, 0.25) is 11.8 Å². The topological polar surface area (TPSA) is 70.8 Å². The van der Waals surface area contributed by atoms with Crippen LogP contribution in [0.3, 0.4) is 0 Å². The number of carbonyl (C=O) groups excluding carboxylic acids is 3. The van der Waals surface area contributed by atoms with Crippen LogP contribution in [0.4, 0.5) is 5.69 Å². The van der Waals surface area contributed by atoms with Gasteiger partial charge in [0.05, 0.1) is 24.9 Å². The van der Waals surface area contributed by atoms with E-state index in [-0.39, 0.29) is 36.6 Å². The van der Waals surface area contributed by atoms with Crippen molar-refractivity contribution in [3.8, 4) is 0 Å². The largest absolute Gasteiger partial charge is 0.467 e. The lowest BCUT2D eigenvalue weighted by Crippen LogP contribution is -2.45. The minimum atomic E-state index is -0.772.